The lowest BCUT2D eigenvalue weighted by Crippen LogP contribution is -2.34. The molecule has 0 saturated heterocycles. The minimum absolute atomic E-state index is 0.160. The molecule has 7 heteroatoms. The van der Waals surface area contributed by atoms with Gasteiger partial charge in [-0.3, -0.25) is 9.59 Å². The highest BCUT2D eigenvalue weighted by Gasteiger charge is 2.24. The number of aryl methyl sites for hydroxylation is 2. The van der Waals surface area contributed by atoms with E-state index >= 15 is 0 Å². The largest absolute Gasteiger partial charge is 0.382 e. The van der Waals surface area contributed by atoms with E-state index in [2.05, 4.69) is 38.5 Å². The van der Waals surface area contributed by atoms with Crippen LogP contribution < -0.4 is 21.9 Å². The predicted molar refractivity (Wildman–Crippen MR) is 130 cm³/mol. The summed E-state index contributed by atoms with van der Waals surface area (Å²) in [6.45, 7) is 8.08. The summed E-state index contributed by atoms with van der Waals surface area (Å²) in [5.41, 5.74) is 10.6. The molecule has 1 saturated carbocycles. The molecule has 0 radical (unpaired) electrons. The molecule has 31 heavy (non-hydrogen) atoms. The molecule has 5 N–H and O–H groups in total. The van der Waals surface area contributed by atoms with Crippen LogP contribution in [-0.4, -0.2) is 23.0 Å². The molecule has 1 aromatic carbocycles. The Bertz CT molecular complexity index is 1010. The maximum Gasteiger partial charge on any atom is 0.253 e. The second-order valence-electron chi connectivity index (χ2n) is 8.86. The number of amides is 1. The van der Waals surface area contributed by atoms with Gasteiger partial charge >= 0.3 is 0 Å². The summed E-state index contributed by atoms with van der Waals surface area (Å²) >= 11 is 3.54. The number of halogens is 1. The van der Waals surface area contributed by atoms with Crippen molar-refractivity contribution in [2.45, 2.75) is 72.0 Å². The molecule has 1 heterocycles. The number of anilines is 1. The van der Waals surface area contributed by atoms with Gasteiger partial charge in [0, 0.05) is 45.6 Å². The first kappa shape index (κ1) is 23.5. The van der Waals surface area contributed by atoms with Gasteiger partial charge in [0.05, 0.1) is 0 Å². The van der Waals surface area contributed by atoms with Gasteiger partial charge in [-0.1, -0.05) is 15.9 Å². The van der Waals surface area contributed by atoms with E-state index in [9.17, 15) is 9.59 Å². The lowest BCUT2D eigenvalue weighted by Gasteiger charge is -2.32. The molecule has 1 aliphatic carbocycles. The van der Waals surface area contributed by atoms with E-state index in [0.29, 0.717) is 29.1 Å². The van der Waals surface area contributed by atoms with Crippen molar-refractivity contribution >= 4 is 27.5 Å². The number of hydrogen-bond donors (Lipinski definition) is 4. The third-order valence-corrected chi connectivity index (χ3v) is 6.90. The topological polar surface area (TPSA) is 100 Å². The SMILES string of the molecule is Cc1cc(C)c(CNC(=O)c2cc(Br)cc(NC(C)C3CCC(N)CC3)c2C)c(=O)[nH]1. The second-order valence-corrected chi connectivity index (χ2v) is 9.78. The smallest absolute Gasteiger partial charge is 0.253 e. The first-order valence-electron chi connectivity index (χ1n) is 11.0. The predicted octanol–water partition coefficient (Wildman–Crippen LogP) is 4.31. The normalized spacial score (nSPS) is 19.7. The van der Waals surface area contributed by atoms with Crippen LogP contribution in [0.5, 0.6) is 0 Å². The Kier molecular flexibility index (Phi) is 7.59. The van der Waals surface area contributed by atoms with Gasteiger partial charge in [0.25, 0.3) is 11.5 Å². The highest BCUT2D eigenvalue weighted by atomic mass is 79.9. The number of rotatable bonds is 6. The summed E-state index contributed by atoms with van der Waals surface area (Å²) in [7, 11) is 0. The average Bonchev–Trinajstić information content (AvgIpc) is 2.69. The molecule has 1 amide bonds. The quantitative estimate of drug-likeness (QED) is 0.486. The molecule has 6 nitrogen and oxygen atoms in total. The zero-order chi connectivity index (χ0) is 22.7. The van der Waals surface area contributed by atoms with E-state index in [0.717, 1.165) is 52.7 Å². The van der Waals surface area contributed by atoms with E-state index in [-0.39, 0.29) is 18.0 Å². The van der Waals surface area contributed by atoms with E-state index in [1.54, 1.807) is 0 Å². The Labute approximate surface area is 192 Å². The van der Waals surface area contributed by atoms with Gasteiger partial charge < -0.3 is 21.4 Å². The summed E-state index contributed by atoms with van der Waals surface area (Å²) in [6.07, 6.45) is 4.39. The molecule has 1 fully saturated rings. The summed E-state index contributed by atoms with van der Waals surface area (Å²) in [5.74, 6) is 0.379. The number of aromatic nitrogens is 1. The number of aromatic amines is 1. The average molecular weight is 489 g/mol. The summed E-state index contributed by atoms with van der Waals surface area (Å²) < 4.78 is 0.841. The zero-order valence-corrected chi connectivity index (χ0v) is 20.4. The Balaban J connectivity index is 1.74. The van der Waals surface area contributed by atoms with Gasteiger partial charge in [-0.25, -0.2) is 0 Å². The standard InChI is InChI=1S/C24H33BrN4O2/c1-13-9-14(2)28-24(31)21(13)12-27-23(30)20-10-18(25)11-22(15(20)3)29-16(4)17-5-7-19(26)8-6-17/h9-11,16-17,19,29H,5-8,12,26H2,1-4H3,(H,27,30)(H,28,31). The molecule has 1 aromatic heterocycles. The van der Waals surface area contributed by atoms with Crippen molar-refractivity contribution in [2.75, 3.05) is 5.32 Å². The number of carbonyl (C=O) groups is 1. The van der Waals surface area contributed by atoms with Crippen LogP contribution in [0.15, 0.2) is 27.5 Å². The van der Waals surface area contributed by atoms with Crippen molar-refractivity contribution in [3.63, 3.8) is 0 Å². The fourth-order valence-corrected chi connectivity index (χ4v) is 4.90. The van der Waals surface area contributed by atoms with Gasteiger partial charge in [0.1, 0.15) is 0 Å². The molecule has 0 spiro atoms. The summed E-state index contributed by atoms with van der Waals surface area (Å²) in [5, 5.41) is 6.53. The number of H-pyrrole nitrogens is 1. The number of pyridine rings is 1. The first-order valence-corrected chi connectivity index (χ1v) is 11.7. The maximum atomic E-state index is 13.0. The van der Waals surface area contributed by atoms with Gasteiger partial charge in [-0.2, -0.15) is 0 Å². The van der Waals surface area contributed by atoms with Gasteiger partial charge in [-0.15, -0.1) is 0 Å². The third kappa shape index (κ3) is 5.77. The van der Waals surface area contributed by atoms with Crippen LogP contribution in [0, 0.1) is 26.7 Å². The molecule has 2 aromatic rings. The molecule has 1 atom stereocenters. The molecule has 3 rings (SSSR count). The van der Waals surface area contributed by atoms with E-state index in [1.807, 2.05) is 39.0 Å². The monoisotopic (exact) mass is 488 g/mol. The van der Waals surface area contributed by atoms with Gasteiger partial charge in [0.15, 0.2) is 0 Å². The van der Waals surface area contributed by atoms with E-state index < -0.39 is 0 Å². The van der Waals surface area contributed by atoms with Crippen LogP contribution in [0.2, 0.25) is 0 Å². The van der Waals surface area contributed by atoms with Crippen LogP contribution >= 0.6 is 15.9 Å². The van der Waals surface area contributed by atoms with E-state index in [1.165, 1.54) is 0 Å². The molecule has 1 unspecified atom stereocenters. The lowest BCUT2D eigenvalue weighted by molar-refractivity contribution is 0.0950. The Morgan fingerprint density at radius 3 is 2.52 bits per heavy atom. The van der Waals surface area contributed by atoms with Crippen molar-refractivity contribution in [2.24, 2.45) is 11.7 Å². The third-order valence-electron chi connectivity index (χ3n) is 6.44. The van der Waals surface area contributed by atoms with Crippen molar-refractivity contribution in [3.05, 3.63) is 61.0 Å². The van der Waals surface area contributed by atoms with Crippen molar-refractivity contribution < 1.29 is 4.79 Å². The van der Waals surface area contributed by atoms with E-state index in [4.69, 9.17) is 5.73 Å². The van der Waals surface area contributed by atoms with Crippen LogP contribution in [-0.2, 0) is 6.54 Å². The molecule has 0 aliphatic heterocycles. The minimum atomic E-state index is -0.197. The number of benzene rings is 1. The van der Waals surface area contributed by atoms with Crippen molar-refractivity contribution in [1.82, 2.24) is 10.3 Å². The lowest BCUT2D eigenvalue weighted by atomic mass is 9.82. The highest BCUT2D eigenvalue weighted by molar-refractivity contribution is 9.10. The van der Waals surface area contributed by atoms with Gasteiger partial charge in [0.2, 0.25) is 0 Å². The van der Waals surface area contributed by atoms with Crippen LogP contribution in [0.25, 0.3) is 0 Å². The minimum Gasteiger partial charge on any atom is -0.382 e. The zero-order valence-electron chi connectivity index (χ0n) is 18.8. The molecular formula is C24H33BrN4O2. The Morgan fingerprint density at radius 1 is 1.19 bits per heavy atom. The summed E-state index contributed by atoms with van der Waals surface area (Å²) in [6, 6.07) is 6.38. The fourth-order valence-electron chi connectivity index (χ4n) is 4.44. The first-order chi connectivity index (χ1) is 14.7. The highest BCUT2D eigenvalue weighted by Crippen LogP contribution is 2.31. The van der Waals surface area contributed by atoms with Crippen LogP contribution in [0.3, 0.4) is 0 Å². The van der Waals surface area contributed by atoms with Crippen LogP contribution in [0.4, 0.5) is 5.69 Å². The molecular weight excluding hydrogens is 456 g/mol. The van der Waals surface area contributed by atoms with Crippen molar-refractivity contribution in [1.29, 1.82) is 0 Å². The molecule has 1 aliphatic rings. The van der Waals surface area contributed by atoms with Crippen molar-refractivity contribution in [3.8, 4) is 0 Å². The number of carbonyl (C=O) groups excluding carboxylic acids is 1. The summed E-state index contributed by atoms with van der Waals surface area (Å²) in [4.78, 5) is 28.0. The maximum absolute atomic E-state index is 13.0. The van der Waals surface area contributed by atoms with Gasteiger partial charge in [-0.05, 0) is 88.6 Å². The Morgan fingerprint density at radius 2 is 1.87 bits per heavy atom. The molecule has 0 bridgehead atoms. The fraction of sp³-hybridized carbons (Fsp3) is 0.500. The number of nitrogens with one attached hydrogen (secondary N) is 3. The Hall–Kier alpha value is -2.12. The number of hydrogen-bond acceptors (Lipinski definition) is 4. The second kappa shape index (κ2) is 10.0. The van der Waals surface area contributed by atoms with Crippen LogP contribution in [0.1, 0.15) is 65.3 Å². The number of nitrogens with two attached hydrogens (primary N) is 1. The molecule has 168 valence electrons.